The molecule has 320 valence electrons. The maximum atomic E-state index is 14.4. The van der Waals surface area contributed by atoms with Gasteiger partial charge in [0, 0.05) is 45.6 Å². The highest BCUT2D eigenvalue weighted by atomic mass is 16.3. The van der Waals surface area contributed by atoms with Gasteiger partial charge in [0.15, 0.2) is 0 Å². The number of rotatable bonds is 17. The van der Waals surface area contributed by atoms with E-state index in [0.717, 1.165) is 51.4 Å². The Morgan fingerprint density at radius 2 is 1.26 bits per heavy atom. The van der Waals surface area contributed by atoms with Crippen LogP contribution in [0.4, 0.5) is 0 Å². The Morgan fingerprint density at radius 1 is 0.702 bits per heavy atom. The van der Waals surface area contributed by atoms with Crippen molar-refractivity contribution in [2.24, 2.45) is 11.8 Å². The number of carbonyl (C=O) groups excluding carboxylic acids is 7. The molecule has 1 aliphatic carbocycles. The van der Waals surface area contributed by atoms with Crippen LogP contribution in [0.5, 0.6) is 0 Å². The summed E-state index contributed by atoms with van der Waals surface area (Å²) in [7, 11) is 0. The fourth-order valence-electron chi connectivity index (χ4n) is 8.89. The Balaban J connectivity index is 1.42. The van der Waals surface area contributed by atoms with Crippen LogP contribution in [0.15, 0.2) is 0 Å². The molecule has 0 aromatic heterocycles. The summed E-state index contributed by atoms with van der Waals surface area (Å²) in [6, 6.07) is -5.66. The van der Waals surface area contributed by atoms with Crippen LogP contribution in [-0.2, 0) is 33.6 Å². The van der Waals surface area contributed by atoms with Crippen molar-refractivity contribution in [3.8, 4) is 0 Å². The summed E-state index contributed by atoms with van der Waals surface area (Å²) >= 11 is 0. The highest BCUT2D eigenvalue weighted by Crippen LogP contribution is 2.31. The molecule has 3 heterocycles. The van der Waals surface area contributed by atoms with Gasteiger partial charge in [-0.3, -0.25) is 33.6 Å². The van der Waals surface area contributed by atoms with Crippen molar-refractivity contribution >= 4 is 41.4 Å². The van der Waals surface area contributed by atoms with Crippen molar-refractivity contribution in [2.75, 3.05) is 32.7 Å². The first-order chi connectivity index (χ1) is 27.3. The number of hydrogen-bond acceptors (Lipinski definition) is 8. The molecule has 1 unspecified atom stereocenters. The van der Waals surface area contributed by atoms with Crippen molar-refractivity contribution in [1.82, 2.24) is 36.0 Å². The first-order valence-electron chi connectivity index (χ1n) is 21.8. The van der Waals surface area contributed by atoms with Gasteiger partial charge in [0.25, 0.3) is 0 Å². The van der Waals surface area contributed by atoms with E-state index in [2.05, 4.69) is 28.2 Å². The van der Waals surface area contributed by atoms with Crippen LogP contribution in [0.2, 0.25) is 0 Å². The first-order valence-corrected chi connectivity index (χ1v) is 21.8. The van der Waals surface area contributed by atoms with Gasteiger partial charge in [0.2, 0.25) is 41.4 Å². The average molecular weight is 800 g/mol. The molecule has 4 aliphatic rings. The summed E-state index contributed by atoms with van der Waals surface area (Å²) in [5.74, 6) is -2.60. The quantitative estimate of drug-likeness (QED) is 0.148. The fraction of sp³-hybridized carbons (Fsp3) is 0.810. The maximum absolute atomic E-state index is 14.4. The lowest BCUT2D eigenvalue weighted by molar-refractivity contribution is -0.147. The van der Waals surface area contributed by atoms with Gasteiger partial charge in [-0.05, 0) is 83.5 Å². The Bertz CT molecular complexity index is 1380. The molecule has 15 heteroatoms. The van der Waals surface area contributed by atoms with Crippen LogP contribution >= 0.6 is 0 Å². The normalized spacial score (nSPS) is 23.3. The molecule has 0 bridgehead atoms. The Labute approximate surface area is 339 Å². The van der Waals surface area contributed by atoms with Crippen molar-refractivity contribution < 1.29 is 38.7 Å². The molecular formula is C42H69N7O8. The van der Waals surface area contributed by atoms with Crippen LogP contribution in [-0.4, -0.2) is 130 Å². The summed E-state index contributed by atoms with van der Waals surface area (Å²) in [6.45, 7) is 13.8. The Kier molecular flexibility index (Phi) is 18.5. The predicted molar refractivity (Wildman–Crippen MR) is 214 cm³/mol. The molecule has 57 heavy (non-hydrogen) atoms. The van der Waals surface area contributed by atoms with E-state index in [9.17, 15) is 38.7 Å². The van der Waals surface area contributed by atoms with Crippen LogP contribution < -0.4 is 21.3 Å². The third-order valence-corrected chi connectivity index (χ3v) is 12.3. The maximum Gasteiger partial charge on any atom is 0.246 e. The van der Waals surface area contributed by atoms with Crippen LogP contribution in [0.25, 0.3) is 0 Å². The van der Waals surface area contributed by atoms with Gasteiger partial charge in [-0.25, -0.2) is 0 Å². The molecule has 3 saturated heterocycles. The number of amides is 7. The monoisotopic (exact) mass is 800 g/mol. The molecule has 3 aliphatic heterocycles. The van der Waals surface area contributed by atoms with Crippen LogP contribution in [0.3, 0.4) is 0 Å². The molecule has 4 rings (SSSR count). The molecule has 7 amide bonds. The molecular weight excluding hydrogens is 731 g/mol. The number of piperidine rings is 1. The molecule has 5 N–H and O–H groups in total. The molecule has 2 radical (unpaired) electrons. The van der Waals surface area contributed by atoms with Gasteiger partial charge in [0.05, 0.1) is 6.10 Å². The first kappa shape index (κ1) is 45.9. The van der Waals surface area contributed by atoms with Crippen molar-refractivity contribution in [1.29, 1.82) is 0 Å². The molecule has 0 spiro atoms. The van der Waals surface area contributed by atoms with E-state index >= 15 is 0 Å². The zero-order valence-corrected chi connectivity index (χ0v) is 34.6. The molecule has 7 atom stereocenters. The SMILES string of the molecule is [CH][C@H](NC(=O)[C@@H]1CCCCN1C(=O)[C@H](CCC(=O)N1CCCCCC1)NC(=O)C[C@H](C)C1CCCCC1)C(=O)N1CCC[C@H]1C(=O)N[C@H](C(=O)NCCC)C(C)O. The summed E-state index contributed by atoms with van der Waals surface area (Å²) in [6.07, 6.45) is 12.1. The number of aliphatic hydroxyl groups excluding tert-OH is 1. The molecule has 1 saturated carbocycles. The molecule has 0 aromatic carbocycles. The third-order valence-electron chi connectivity index (χ3n) is 12.3. The predicted octanol–water partition coefficient (Wildman–Crippen LogP) is 2.22. The van der Waals surface area contributed by atoms with Gasteiger partial charge in [-0.2, -0.15) is 0 Å². The zero-order chi connectivity index (χ0) is 41.5. The van der Waals surface area contributed by atoms with Gasteiger partial charge in [-0.15, -0.1) is 0 Å². The van der Waals surface area contributed by atoms with Gasteiger partial charge in [-0.1, -0.05) is 58.8 Å². The minimum atomic E-state index is -1.52. The summed E-state index contributed by atoms with van der Waals surface area (Å²) in [4.78, 5) is 99.2. The number of hydrogen-bond donors (Lipinski definition) is 5. The van der Waals surface area contributed by atoms with E-state index in [1.807, 2.05) is 11.8 Å². The molecule has 4 fully saturated rings. The highest BCUT2D eigenvalue weighted by molar-refractivity contribution is 5.97. The second-order valence-electron chi connectivity index (χ2n) is 16.8. The lowest BCUT2D eigenvalue weighted by atomic mass is 9.79. The van der Waals surface area contributed by atoms with Gasteiger partial charge in [0.1, 0.15) is 30.2 Å². The van der Waals surface area contributed by atoms with Crippen molar-refractivity contribution in [3.63, 3.8) is 0 Å². The van der Waals surface area contributed by atoms with E-state index in [1.54, 1.807) is 0 Å². The topological polar surface area (TPSA) is 198 Å². The second kappa shape index (κ2) is 23.0. The van der Waals surface area contributed by atoms with Crippen molar-refractivity contribution in [3.05, 3.63) is 6.92 Å². The van der Waals surface area contributed by atoms with E-state index in [1.165, 1.54) is 23.1 Å². The summed E-state index contributed by atoms with van der Waals surface area (Å²) < 4.78 is 0. The van der Waals surface area contributed by atoms with E-state index < -0.39 is 65.8 Å². The minimum Gasteiger partial charge on any atom is -0.391 e. The zero-order valence-electron chi connectivity index (χ0n) is 34.6. The third kappa shape index (κ3) is 13.4. The molecule has 0 aromatic rings. The number of likely N-dealkylation sites (tertiary alicyclic amines) is 3. The second-order valence-corrected chi connectivity index (χ2v) is 16.8. The lowest BCUT2D eigenvalue weighted by Gasteiger charge is -2.38. The van der Waals surface area contributed by atoms with Crippen molar-refractivity contribution in [2.45, 2.75) is 173 Å². The number of carbonyl (C=O) groups is 7. The lowest BCUT2D eigenvalue weighted by Crippen LogP contribution is -2.60. The Morgan fingerprint density at radius 3 is 1.91 bits per heavy atom. The minimum absolute atomic E-state index is 0.0491. The van der Waals surface area contributed by atoms with E-state index in [-0.39, 0.29) is 50.1 Å². The average Bonchev–Trinajstić information content (AvgIpc) is 3.54. The summed E-state index contributed by atoms with van der Waals surface area (Å²) in [5, 5.41) is 21.0. The van der Waals surface area contributed by atoms with Gasteiger partial charge >= 0.3 is 0 Å². The fourth-order valence-corrected chi connectivity index (χ4v) is 8.89. The largest absolute Gasteiger partial charge is 0.391 e. The Hall–Kier alpha value is -3.75. The smallest absolute Gasteiger partial charge is 0.246 e. The standard InChI is InChI=1S/C42H69N7O8/c1-5-22-43-40(55)37(30(4)50)46-39(54)34-19-15-26-48(34)41(56)29(3)44-38(53)33-18-11-14-25-49(33)42(57)32(20-21-36(52)47-23-12-6-7-13-24-47)45-35(51)27-28(2)31-16-9-8-10-17-31/h3,28-34,37,50H,5-27H2,1-2,4H3,(H,43,55)(H,44,53)(H,45,51)(H,46,54)/t28-,29-,30?,32-,33-,34-,37-/m0/s1. The van der Waals surface area contributed by atoms with Crippen LogP contribution in [0, 0.1) is 18.8 Å². The molecule has 15 nitrogen and oxygen atoms in total. The van der Waals surface area contributed by atoms with E-state index in [0.29, 0.717) is 64.1 Å². The number of nitrogens with zero attached hydrogens (tertiary/aromatic N) is 3. The van der Waals surface area contributed by atoms with Gasteiger partial charge < -0.3 is 41.1 Å². The number of aliphatic hydroxyl groups is 1. The highest BCUT2D eigenvalue weighted by Gasteiger charge is 2.41. The van der Waals surface area contributed by atoms with E-state index in [4.69, 9.17) is 6.92 Å². The summed E-state index contributed by atoms with van der Waals surface area (Å²) in [5.41, 5.74) is 0. The van der Waals surface area contributed by atoms with Crippen LogP contribution in [0.1, 0.15) is 136 Å². The number of nitrogens with one attached hydrogen (secondary N) is 4.